The standard InChI is InChI=1S/C13H20N2/c1-10-2-3-12(9-13(10)14)8-11-4-6-15-7-5-11/h2-3,9,11,15H,4-8,14H2,1H3. The van der Waals surface area contributed by atoms with Crippen LogP contribution in [0.3, 0.4) is 0 Å². The van der Waals surface area contributed by atoms with Crippen molar-refractivity contribution >= 4 is 5.69 Å². The Kier molecular flexibility index (Phi) is 3.27. The maximum Gasteiger partial charge on any atom is 0.0346 e. The number of nitrogens with one attached hydrogen (secondary N) is 1. The van der Waals surface area contributed by atoms with Crippen LogP contribution in [0.2, 0.25) is 0 Å². The first-order valence-corrected chi connectivity index (χ1v) is 5.81. The predicted octanol–water partition coefficient (Wildman–Crippen LogP) is 2.12. The summed E-state index contributed by atoms with van der Waals surface area (Å²) >= 11 is 0. The minimum atomic E-state index is 0.841. The van der Waals surface area contributed by atoms with Crippen LogP contribution in [0.5, 0.6) is 0 Å². The van der Waals surface area contributed by atoms with E-state index in [2.05, 4.69) is 30.4 Å². The first kappa shape index (κ1) is 10.5. The zero-order valence-electron chi connectivity index (χ0n) is 9.42. The Balaban J connectivity index is 2.00. The van der Waals surface area contributed by atoms with Gasteiger partial charge in [0, 0.05) is 5.69 Å². The minimum Gasteiger partial charge on any atom is -0.399 e. The monoisotopic (exact) mass is 204 g/mol. The molecule has 0 bridgehead atoms. The number of anilines is 1. The lowest BCUT2D eigenvalue weighted by molar-refractivity contribution is 0.373. The number of rotatable bonds is 2. The summed E-state index contributed by atoms with van der Waals surface area (Å²) < 4.78 is 0. The maximum absolute atomic E-state index is 5.91. The first-order valence-electron chi connectivity index (χ1n) is 5.81. The zero-order valence-corrected chi connectivity index (χ0v) is 9.42. The Bertz CT molecular complexity index is 327. The number of piperidine rings is 1. The quantitative estimate of drug-likeness (QED) is 0.724. The predicted molar refractivity (Wildman–Crippen MR) is 64.9 cm³/mol. The van der Waals surface area contributed by atoms with E-state index in [9.17, 15) is 0 Å². The molecule has 0 unspecified atom stereocenters. The number of nitrogen functional groups attached to an aromatic ring is 1. The number of hydrogen-bond acceptors (Lipinski definition) is 2. The molecule has 2 nitrogen and oxygen atoms in total. The van der Waals surface area contributed by atoms with Crippen molar-refractivity contribution in [3.05, 3.63) is 29.3 Å². The third-order valence-corrected chi connectivity index (χ3v) is 3.33. The summed E-state index contributed by atoms with van der Waals surface area (Å²) in [6.45, 7) is 4.40. The van der Waals surface area contributed by atoms with Crippen LogP contribution in [-0.4, -0.2) is 13.1 Å². The molecule has 0 aromatic heterocycles. The molecule has 2 rings (SSSR count). The molecule has 0 spiro atoms. The van der Waals surface area contributed by atoms with Crippen molar-refractivity contribution in [3.8, 4) is 0 Å². The highest BCUT2D eigenvalue weighted by molar-refractivity contribution is 5.48. The summed E-state index contributed by atoms with van der Waals surface area (Å²) in [5.41, 5.74) is 9.42. The molecule has 1 aromatic carbocycles. The third-order valence-electron chi connectivity index (χ3n) is 3.33. The molecule has 0 aliphatic carbocycles. The van der Waals surface area contributed by atoms with Crippen LogP contribution >= 0.6 is 0 Å². The zero-order chi connectivity index (χ0) is 10.7. The van der Waals surface area contributed by atoms with Crippen molar-refractivity contribution in [1.82, 2.24) is 5.32 Å². The van der Waals surface area contributed by atoms with E-state index in [-0.39, 0.29) is 0 Å². The highest BCUT2D eigenvalue weighted by atomic mass is 14.9. The smallest absolute Gasteiger partial charge is 0.0346 e. The van der Waals surface area contributed by atoms with Gasteiger partial charge in [-0.1, -0.05) is 12.1 Å². The van der Waals surface area contributed by atoms with E-state index < -0.39 is 0 Å². The molecule has 1 aliphatic heterocycles. The molecule has 0 saturated carbocycles. The lowest BCUT2D eigenvalue weighted by Crippen LogP contribution is -2.28. The molecule has 1 saturated heterocycles. The van der Waals surface area contributed by atoms with E-state index in [4.69, 9.17) is 5.73 Å². The van der Waals surface area contributed by atoms with Crippen molar-refractivity contribution < 1.29 is 0 Å². The van der Waals surface area contributed by atoms with Gasteiger partial charge in [-0.05, 0) is 62.4 Å². The Hall–Kier alpha value is -1.02. The summed E-state index contributed by atoms with van der Waals surface area (Å²) in [5, 5.41) is 3.40. The number of hydrogen-bond donors (Lipinski definition) is 2. The average molecular weight is 204 g/mol. The summed E-state index contributed by atoms with van der Waals surface area (Å²) in [7, 11) is 0. The van der Waals surface area contributed by atoms with Crippen molar-refractivity contribution in [3.63, 3.8) is 0 Å². The summed E-state index contributed by atoms with van der Waals surface area (Å²) in [6.07, 6.45) is 3.79. The molecule has 15 heavy (non-hydrogen) atoms. The molecular formula is C13H20N2. The highest BCUT2D eigenvalue weighted by Crippen LogP contribution is 2.20. The molecule has 1 aromatic rings. The van der Waals surface area contributed by atoms with E-state index in [1.807, 2.05) is 0 Å². The third kappa shape index (κ3) is 2.72. The van der Waals surface area contributed by atoms with Gasteiger partial charge in [0.15, 0.2) is 0 Å². The van der Waals surface area contributed by atoms with Gasteiger partial charge in [-0.2, -0.15) is 0 Å². The Labute approximate surface area is 91.9 Å². The van der Waals surface area contributed by atoms with E-state index >= 15 is 0 Å². The van der Waals surface area contributed by atoms with Crippen LogP contribution in [0, 0.1) is 12.8 Å². The van der Waals surface area contributed by atoms with E-state index in [0.717, 1.165) is 11.6 Å². The fraction of sp³-hybridized carbons (Fsp3) is 0.538. The topological polar surface area (TPSA) is 38.0 Å². The van der Waals surface area contributed by atoms with Crippen LogP contribution in [-0.2, 0) is 6.42 Å². The SMILES string of the molecule is Cc1ccc(CC2CCNCC2)cc1N. The van der Waals surface area contributed by atoms with E-state index in [0.29, 0.717) is 0 Å². The fourth-order valence-electron chi connectivity index (χ4n) is 2.24. The normalized spacial score (nSPS) is 17.9. The van der Waals surface area contributed by atoms with Gasteiger partial charge in [-0.3, -0.25) is 0 Å². The van der Waals surface area contributed by atoms with Gasteiger partial charge < -0.3 is 11.1 Å². The number of aryl methyl sites for hydroxylation is 1. The van der Waals surface area contributed by atoms with Crippen molar-refractivity contribution in [2.24, 2.45) is 5.92 Å². The molecule has 0 radical (unpaired) electrons. The van der Waals surface area contributed by atoms with Gasteiger partial charge in [0.2, 0.25) is 0 Å². The highest BCUT2D eigenvalue weighted by Gasteiger charge is 2.13. The summed E-state index contributed by atoms with van der Waals surface area (Å²) in [4.78, 5) is 0. The maximum atomic E-state index is 5.91. The number of benzene rings is 1. The first-order chi connectivity index (χ1) is 7.25. The number of nitrogens with two attached hydrogens (primary N) is 1. The summed E-state index contributed by atoms with van der Waals surface area (Å²) in [6, 6.07) is 6.48. The van der Waals surface area contributed by atoms with Crippen LogP contribution in [0.25, 0.3) is 0 Å². The van der Waals surface area contributed by atoms with Gasteiger partial charge in [-0.15, -0.1) is 0 Å². The molecule has 0 atom stereocenters. The summed E-state index contributed by atoms with van der Waals surface area (Å²) in [5.74, 6) is 0.841. The molecule has 2 heteroatoms. The van der Waals surface area contributed by atoms with Gasteiger partial charge in [-0.25, -0.2) is 0 Å². The average Bonchev–Trinajstić information content (AvgIpc) is 2.25. The van der Waals surface area contributed by atoms with Crippen LogP contribution in [0.15, 0.2) is 18.2 Å². The lowest BCUT2D eigenvalue weighted by Gasteiger charge is -2.22. The fourth-order valence-corrected chi connectivity index (χ4v) is 2.24. The van der Waals surface area contributed by atoms with Crippen LogP contribution in [0.1, 0.15) is 24.0 Å². The van der Waals surface area contributed by atoms with Crippen molar-refractivity contribution in [2.45, 2.75) is 26.2 Å². The Morgan fingerprint density at radius 3 is 2.73 bits per heavy atom. The molecule has 1 aliphatic rings. The van der Waals surface area contributed by atoms with Gasteiger partial charge in [0.25, 0.3) is 0 Å². The lowest BCUT2D eigenvalue weighted by atomic mass is 9.90. The van der Waals surface area contributed by atoms with Gasteiger partial charge >= 0.3 is 0 Å². The molecule has 1 fully saturated rings. The van der Waals surface area contributed by atoms with Crippen LogP contribution < -0.4 is 11.1 Å². The Morgan fingerprint density at radius 1 is 1.33 bits per heavy atom. The van der Waals surface area contributed by atoms with Gasteiger partial charge in [0.1, 0.15) is 0 Å². The largest absolute Gasteiger partial charge is 0.399 e. The molecule has 0 amide bonds. The second-order valence-corrected chi connectivity index (χ2v) is 4.59. The molecule has 1 heterocycles. The van der Waals surface area contributed by atoms with E-state index in [1.54, 1.807) is 0 Å². The minimum absolute atomic E-state index is 0.841. The Morgan fingerprint density at radius 2 is 2.07 bits per heavy atom. The molecular weight excluding hydrogens is 184 g/mol. The van der Waals surface area contributed by atoms with Crippen molar-refractivity contribution in [1.29, 1.82) is 0 Å². The van der Waals surface area contributed by atoms with Gasteiger partial charge in [0.05, 0.1) is 0 Å². The van der Waals surface area contributed by atoms with Crippen molar-refractivity contribution in [2.75, 3.05) is 18.8 Å². The molecule has 82 valence electrons. The van der Waals surface area contributed by atoms with Crippen LogP contribution in [0.4, 0.5) is 5.69 Å². The second kappa shape index (κ2) is 4.67. The second-order valence-electron chi connectivity index (χ2n) is 4.59. The van der Waals surface area contributed by atoms with E-state index in [1.165, 1.54) is 43.5 Å². The molecule has 3 N–H and O–H groups in total.